The minimum Gasteiger partial charge on any atom is -0.507 e. The Hall–Kier alpha value is -2.35. The van der Waals surface area contributed by atoms with Gasteiger partial charge in [0.15, 0.2) is 0 Å². The number of phenols is 1. The number of aromatic hydroxyl groups is 1. The van der Waals surface area contributed by atoms with E-state index in [1.807, 2.05) is 30.3 Å². The predicted molar refractivity (Wildman–Crippen MR) is 133 cm³/mol. The Morgan fingerprint density at radius 2 is 2.09 bits per heavy atom. The van der Waals surface area contributed by atoms with Crippen LogP contribution in [0.15, 0.2) is 47.5 Å². The van der Waals surface area contributed by atoms with E-state index < -0.39 is 11.9 Å². The monoisotopic (exact) mass is 493 g/mol. The van der Waals surface area contributed by atoms with Gasteiger partial charge in [-0.15, -0.1) is 11.8 Å². The average molecular weight is 494 g/mol. The fourth-order valence-corrected chi connectivity index (χ4v) is 4.42. The lowest BCUT2D eigenvalue weighted by Crippen LogP contribution is -2.07. The second-order valence-electron chi connectivity index (χ2n) is 7.53. The van der Waals surface area contributed by atoms with Crippen LogP contribution in [0.5, 0.6) is 11.5 Å². The van der Waals surface area contributed by atoms with Gasteiger partial charge >= 0.3 is 5.97 Å². The highest BCUT2D eigenvalue weighted by Gasteiger charge is 2.15. The van der Waals surface area contributed by atoms with Gasteiger partial charge in [0, 0.05) is 22.4 Å². The molecule has 0 amide bonds. The Morgan fingerprint density at radius 3 is 2.76 bits per heavy atom. The molecule has 33 heavy (non-hydrogen) atoms. The molecule has 2 aromatic rings. The van der Waals surface area contributed by atoms with Crippen LogP contribution in [0.25, 0.3) is 0 Å². The van der Waals surface area contributed by atoms with Crippen LogP contribution in [0.2, 0.25) is 5.02 Å². The third kappa shape index (κ3) is 8.18. The minimum absolute atomic E-state index is 0.285. The quantitative estimate of drug-likeness (QED) is 0.170. The molecule has 1 unspecified atom stereocenters. The highest BCUT2D eigenvalue weighted by atomic mass is 35.5. The van der Waals surface area contributed by atoms with Gasteiger partial charge in [-0.25, -0.2) is 0 Å². The van der Waals surface area contributed by atoms with Crippen molar-refractivity contribution in [2.45, 2.75) is 50.3 Å². The number of benzene rings is 2. The summed E-state index contributed by atoms with van der Waals surface area (Å²) in [5.74, 6) is 0.344. The summed E-state index contributed by atoms with van der Waals surface area (Å²) in [7, 11) is 1.54. The van der Waals surface area contributed by atoms with Crippen LogP contribution in [0.1, 0.15) is 49.3 Å². The zero-order valence-corrected chi connectivity index (χ0v) is 20.8. The summed E-state index contributed by atoms with van der Waals surface area (Å²) in [6.07, 6.45) is 6.59. The van der Waals surface area contributed by atoms with Gasteiger partial charge in [-0.2, -0.15) is 0 Å². The number of carbonyl (C=O) groups is 1. The van der Waals surface area contributed by atoms with E-state index in [0.717, 1.165) is 41.0 Å². The van der Waals surface area contributed by atoms with E-state index >= 15 is 0 Å². The van der Waals surface area contributed by atoms with Crippen LogP contribution in [0.4, 0.5) is 0 Å². The largest absolute Gasteiger partial charge is 0.507 e. The van der Waals surface area contributed by atoms with E-state index in [1.165, 1.54) is 0 Å². The molecule has 0 radical (unpaired) electrons. The molecule has 0 heterocycles. The van der Waals surface area contributed by atoms with Crippen LogP contribution in [0.3, 0.4) is 0 Å². The average Bonchev–Trinajstić information content (AvgIpc) is 2.80. The summed E-state index contributed by atoms with van der Waals surface area (Å²) < 4.78 is 5.99. The van der Waals surface area contributed by atoms with E-state index in [1.54, 1.807) is 38.1 Å². The fraction of sp³-hybridized carbons (Fsp3) is 0.400. The molecule has 0 aliphatic rings. The van der Waals surface area contributed by atoms with Gasteiger partial charge < -0.3 is 14.9 Å². The Kier molecular flexibility index (Phi) is 11.4. The molecule has 3 N–H and O–H groups in total. The summed E-state index contributed by atoms with van der Waals surface area (Å²) in [4.78, 5) is 16.8. The molecular weight excluding hydrogens is 462 g/mol. The first-order valence-electron chi connectivity index (χ1n) is 10.9. The molecule has 0 fully saturated rings. The molecule has 0 aliphatic heterocycles. The molecule has 0 aromatic heterocycles. The zero-order chi connectivity index (χ0) is 24.2. The number of halogens is 1. The Balaban J connectivity index is 1.91. The first-order chi connectivity index (χ1) is 15.9. The van der Waals surface area contributed by atoms with Crippen molar-refractivity contribution < 1.29 is 24.6 Å². The van der Waals surface area contributed by atoms with Crippen molar-refractivity contribution in [2.24, 2.45) is 0 Å². The van der Waals surface area contributed by atoms with Crippen LogP contribution < -0.4 is 10.2 Å². The molecule has 0 saturated carbocycles. The van der Waals surface area contributed by atoms with E-state index in [-0.39, 0.29) is 5.75 Å². The molecule has 8 heteroatoms. The molecule has 180 valence electrons. The number of thioether (sulfide) groups is 1. The van der Waals surface area contributed by atoms with Gasteiger partial charge in [-0.3, -0.25) is 15.1 Å². The number of carboxylic acid groups (broad SMARTS) is 1. The smallest absolute Gasteiger partial charge is 0.310 e. The third-order valence-corrected chi connectivity index (χ3v) is 6.68. The second-order valence-corrected chi connectivity index (χ2v) is 9.07. The Labute approximate surface area is 204 Å². The molecule has 0 spiro atoms. The first-order valence-corrected chi connectivity index (χ1v) is 12.3. The molecular formula is C25H32ClNO5S. The number of nitrogens with one attached hydrogen (secondary N) is 1. The van der Waals surface area contributed by atoms with Crippen LogP contribution in [0, 0.1) is 0 Å². The van der Waals surface area contributed by atoms with Gasteiger partial charge in [0.2, 0.25) is 0 Å². The Morgan fingerprint density at radius 1 is 1.30 bits per heavy atom. The van der Waals surface area contributed by atoms with Crippen molar-refractivity contribution in [1.82, 2.24) is 5.48 Å². The third-order valence-electron chi connectivity index (χ3n) is 5.10. The topological polar surface area (TPSA) is 88.0 Å². The number of hydrogen-bond donors (Lipinski definition) is 3. The molecule has 0 saturated heterocycles. The van der Waals surface area contributed by atoms with Crippen molar-refractivity contribution in [2.75, 3.05) is 19.5 Å². The van der Waals surface area contributed by atoms with Crippen LogP contribution in [-0.4, -0.2) is 35.7 Å². The number of carboxylic acids is 1. The van der Waals surface area contributed by atoms with Gasteiger partial charge in [0.05, 0.1) is 24.7 Å². The summed E-state index contributed by atoms with van der Waals surface area (Å²) in [5.41, 5.74) is 5.00. The summed E-state index contributed by atoms with van der Waals surface area (Å²) in [5, 5.41) is 20.4. The second kappa shape index (κ2) is 14.0. The van der Waals surface area contributed by atoms with Crippen LogP contribution >= 0.6 is 23.4 Å². The lowest BCUT2D eigenvalue weighted by molar-refractivity contribution is -0.138. The number of ether oxygens (including phenoxy) is 1. The fourth-order valence-electron chi connectivity index (χ4n) is 3.23. The van der Waals surface area contributed by atoms with Crippen molar-refractivity contribution in [1.29, 1.82) is 0 Å². The predicted octanol–water partition coefficient (Wildman–Crippen LogP) is 5.95. The maximum absolute atomic E-state index is 11.1. The molecule has 2 aromatic carbocycles. The number of aliphatic carboxylic acids is 1. The SMILES string of the molecule is CCCc1c(OCCCSc2ccc(C(C)C(=O)O)cc2Cl)ccc(CC=CNOC)c1O. The van der Waals surface area contributed by atoms with Gasteiger partial charge in [0.25, 0.3) is 0 Å². The zero-order valence-electron chi connectivity index (χ0n) is 19.3. The molecule has 1 atom stereocenters. The molecule has 2 rings (SSSR count). The number of hydrogen-bond acceptors (Lipinski definition) is 6. The highest BCUT2D eigenvalue weighted by Crippen LogP contribution is 2.34. The number of hydroxylamine groups is 1. The van der Waals surface area contributed by atoms with Gasteiger partial charge in [-0.1, -0.05) is 43.2 Å². The van der Waals surface area contributed by atoms with E-state index in [0.29, 0.717) is 29.4 Å². The van der Waals surface area contributed by atoms with Crippen molar-refractivity contribution in [3.8, 4) is 11.5 Å². The summed E-state index contributed by atoms with van der Waals surface area (Å²) in [6, 6.07) is 9.21. The Bertz CT molecular complexity index is 951. The molecule has 0 bridgehead atoms. The first kappa shape index (κ1) is 26.9. The number of rotatable bonds is 14. The summed E-state index contributed by atoms with van der Waals surface area (Å²) in [6.45, 7) is 4.23. The number of allylic oxidation sites excluding steroid dienone is 1. The minimum atomic E-state index is -0.871. The maximum atomic E-state index is 11.1. The van der Waals surface area contributed by atoms with Gasteiger partial charge in [0.1, 0.15) is 11.5 Å². The normalized spacial score (nSPS) is 12.1. The van der Waals surface area contributed by atoms with Crippen molar-refractivity contribution >= 4 is 29.3 Å². The molecule has 6 nitrogen and oxygen atoms in total. The lowest BCUT2D eigenvalue weighted by Gasteiger charge is -2.15. The van der Waals surface area contributed by atoms with Crippen LogP contribution in [-0.2, 0) is 22.5 Å². The maximum Gasteiger partial charge on any atom is 0.310 e. The highest BCUT2D eigenvalue weighted by molar-refractivity contribution is 7.99. The van der Waals surface area contributed by atoms with E-state index in [9.17, 15) is 9.90 Å². The summed E-state index contributed by atoms with van der Waals surface area (Å²) >= 11 is 7.95. The van der Waals surface area contributed by atoms with Crippen molar-refractivity contribution in [3.05, 3.63) is 64.3 Å². The van der Waals surface area contributed by atoms with Crippen molar-refractivity contribution in [3.63, 3.8) is 0 Å². The number of phenolic OH excluding ortho intramolecular Hbond substituents is 1. The standard InChI is InChI=1S/C25H32ClNO5S/c1-4-7-20-22(11-9-18(24(20)28)8-5-13-27-31-3)32-14-6-15-33-23-12-10-19(16-21(23)26)17(2)25(29)30/h5,9-13,16-17,27-28H,4,6-8,14-15H2,1-3H3,(H,29,30). The lowest BCUT2D eigenvalue weighted by atomic mass is 10.0. The van der Waals surface area contributed by atoms with Gasteiger partial charge in [-0.05, 0) is 55.5 Å². The molecule has 0 aliphatic carbocycles. The van der Waals surface area contributed by atoms with E-state index in [2.05, 4.69) is 12.4 Å². The van der Waals surface area contributed by atoms with E-state index in [4.69, 9.17) is 26.3 Å².